The van der Waals surface area contributed by atoms with E-state index in [1.165, 1.54) is 13.8 Å². The fraction of sp³-hybridized carbons (Fsp3) is 0.562. The Labute approximate surface area is 174 Å². The number of carbonyl (C=O) groups is 4. The molecule has 0 bridgehead atoms. The van der Waals surface area contributed by atoms with Crippen molar-refractivity contribution in [3.05, 3.63) is 5.82 Å². The number of oxime groups is 1. The number of ketones is 1. The zero-order valence-electron chi connectivity index (χ0n) is 16.6. The third kappa shape index (κ3) is 4.71. The van der Waals surface area contributed by atoms with Crippen LogP contribution in [0.2, 0.25) is 0 Å². The monoisotopic (exact) mass is 443 g/mol. The van der Waals surface area contributed by atoms with E-state index in [4.69, 9.17) is 25.6 Å². The van der Waals surface area contributed by atoms with Crippen LogP contribution in [0.25, 0.3) is 0 Å². The second-order valence-corrected chi connectivity index (χ2v) is 7.82. The lowest BCUT2D eigenvalue weighted by atomic mass is 9.74. The highest BCUT2D eigenvalue weighted by molar-refractivity contribution is 7.09. The van der Waals surface area contributed by atoms with Crippen molar-refractivity contribution in [1.29, 1.82) is 0 Å². The van der Waals surface area contributed by atoms with Gasteiger partial charge in [0.25, 0.3) is 5.91 Å². The molecule has 30 heavy (non-hydrogen) atoms. The summed E-state index contributed by atoms with van der Waals surface area (Å²) in [6.45, 7) is 5.71. The van der Waals surface area contributed by atoms with Gasteiger partial charge in [0.1, 0.15) is 0 Å². The standard InChI is InChI=1S/C16H21N5O8S/c1-6(13(24)25)28-19-10(11-18-15(17)30-20-11)9(22)5-8-12(23)21(16(8,3)4)29-7(2)14(26)27/h6-8H,5H2,1-4H3,(H,24,25)(H,26,27)(H2,17,18,20)/b19-10+/t6?,7?,8-/m1/s1. The van der Waals surface area contributed by atoms with Crippen molar-refractivity contribution in [1.82, 2.24) is 14.4 Å². The van der Waals surface area contributed by atoms with Crippen LogP contribution in [-0.2, 0) is 28.9 Å². The van der Waals surface area contributed by atoms with Gasteiger partial charge in [-0.05, 0) is 27.7 Å². The molecule has 1 saturated heterocycles. The quantitative estimate of drug-likeness (QED) is 0.248. The summed E-state index contributed by atoms with van der Waals surface area (Å²) in [7, 11) is 0. The molecule has 0 aliphatic carbocycles. The number of carboxylic acid groups (broad SMARTS) is 2. The van der Waals surface area contributed by atoms with Crippen LogP contribution in [0.1, 0.15) is 39.9 Å². The van der Waals surface area contributed by atoms with E-state index in [9.17, 15) is 19.2 Å². The third-order valence-corrected chi connectivity index (χ3v) is 4.99. The predicted molar refractivity (Wildman–Crippen MR) is 101 cm³/mol. The highest BCUT2D eigenvalue weighted by atomic mass is 32.1. The minimum Gasteiger partial charge on any atom is -0.479 e. The van der Waals surface area contributed by atoms with Gasteiger partial charge in [0, 0.05) is 18.0 Å². The van der Waals surface area contributed by atoms with Crippen LogP contribution in [0.3, 0.4) is 0 Å². The summed E-state index contributed by atoms with van der Waals surface area (Å²) in [5, 5.41) is 22.4. The molecule has 2 unspecified atom stereocenters. The number of hydrogen-bond acceptors (Lipinski definition) is 11. The zero-order valence-corrected chi connectivity index (χ0v) is 17.4. The zero-order chi connectivity index (χ0) is 22.8. The molecule has 1 aliphatic heterocycles. The van der Waals surface area contributed by atoms with Gasteiger partial charge in [-0.3, -0.25) is 14.4 Å². The largest absolute Gasteiger partial charge is 0.479 e. The van der Waals surface area contributed by atoms with Gasteiger partial charge in [0.2, 0.25) is 11.9 Å². The van der Waals surface area contributed by atoms with Gasteiger partial charge in [0.05, 0.1) is 11.5 Å². The Morgan fingerprint density at radius 3 is 2.33 bits per heavy atom. The number of carbonyl (C=O) groups excluding carboxylic acids is 2. The number of amides is 1. The predicted octanol–water partition coefficient (Wildman–Crippen LogP) is -0.0850. The molecule has 1 aromatic rings. The van der Waals surface area contributed by atoms with E-state index >= 15 is 0 Å². The number of nitrogens with two attached hydrogens (primary N) is 1. The highest BCUT2D eigenvalue weighted by Gasteiger charge is 2.57. The Bertz CT molecular complexity index is 898. The van der Waals surface area contributed by atoms with Gasteiger partial charge in [-0.1, -0.05) is 5.16 Å². The van der Waals surface area contributed by atoms with Crippen molar-refractivity contribution < 1.29 is 39.1 Å². The molecule has 14 heteroatoms. The van der Waals surface area contributed by atoms with Crippen molar-refractivity contribution in [2.24, 2.45) is 11.1 Å². The first-order valence-corrected chi connectivity index (χ1v) is 9.46. The molecule has 3 atom stereocenters. The van der Waals surface area contributed by atoms with Crippen molar-refractivity contribution in [2.75, 3.05) is 5.73 Å². The Morgan fingerprint density at radius 1 is 1.27 bits per heavy atom. The second-order valence-electron chi connectivity index (χ2n) is 7.03. The first kappa shape index (κ1) is 23.2. The van der Waals surface area contributed by atoms with Gasteiger partial charge < -0.3 is 20.8 Å². The highest BCUT2D eigenvalue weighted by Crippen LogP contribution is 2.40. The lowest BCUT2D eigenvalue weighted by Gasteiger charge is -2.52. The number of Topliss-reactive ketones (excluding diaryl/α,β-unsaturated/α-hetero) is 1. The molecule has 1 amide bonds. The van der Waals surface area contributed by atoms with Crippen molar-refractivity contribution >= 4 is 46.0 Å². The molecule has 1 aromatic heterocycles. The minimum absolute atomic E-state index is 0.0547. The van der Waals surface area contributed by atoms with Crippen LogP contribution < -0.4 is 5.73 Å². The van der Waals surface area contributed by atoms with E-state index in [2.05, 4.69) is 14.5 Å². The molecular weight excluding hydrogens is 422 g/mol. The number of aromatic nitrogens is 2. The van der Waals surface area contributed by atoms with E-state index in [1.54, 1.807) is 13.8 Å². The van der Waals surface area contributed by atoms with Gasteiger partial charge in [-0.2, -0.15) is 9.36 Å². The van der Waals surface area contributed by atoms with E-state index in [0.29, 0.717) is 0 Å². The summed E-state index contributed by atoms with van der Waals surface area (Å²) < 4.78 is 3.88. The summed E-state index contributed by atoms with van der Waals surface area (Å²) in [5.74, 6) is -4.80. The Morgan fingerprint density at radius 2 is 1.87 bits per heavy atom. The number of rotatable bonds is 10. The molecule has 164 valence electrons. The molecular formula is C16H21N5O8S. The fourth-order valence-corrected chi connectivity index (χ4v) is 2.97. The number of aliphatic carboxylic acids is 2. The summed E-state index contributed by atoms with van der Waals surface area (Å²) >= 11 is 0.801. The van der Waals surface area contributed by atoms with E-state index < -0.39 is 47.3 Å². The molecule has 1 aliphatic rings. The Hall–Kier alpha value is -3.13. The normalized spacial score (nSPS) is 20.3. The SMILES string of the molecule is CC(O/N=C(\C(=O)C[C@@H]1C(=O)N(OC(C)C(=O)O)C1(C)C)c1nsc(N)n1)C(=O)O. The maximum atomic E-state index is 12.8. The van der Waals surface area contributed by atoms with Gasteiger partial charge in [-0.25, -0.2) is 14.7 Å². The average molecular weight is 443 g/mol. The van der Waals surface area contributed by atoms with Gasteiger partial charge in [0.15, 0.2) is 22.7 Å². The molecule has 4 N–H and O–H groups in total. The van der Waals surface area contributed by atoms with Crippen LogP contribution in [0.4, 0.5) is 5.13 Å². The molecule has 13 nitrogen and oxygen atoms in total. The number of hydrogen-bond donors (Lipinski definition) is 3. The maximum absolute atomic E-state index is 12.8. The summed E-state index contributed by atoms with van der Waals surface area (Å²) in [6.07, 6.45) is -2.93. The summed E-state index contributed by atoms with van der Waals surface area (Å²) in [4.78, 5) is 61.0. The molecule has 0 saturated carbocycles. The maximum Gasteiger partial charge on any atom is 0.347 e. The van der Waals surface area contributed by atoms with Crippen LogP contribution in [0.5, 0.6) is 0 Å². The number of hydroxylamine groups is 2. The number of β-lactam (4-membered cyclic amide) rings is 1. The third-order valence-electron chi connectivity index (χ3n) is 4.44. The average Bonchev–Trinajstić information content (AvgIpc) is 3.09. The number of nitrogens with zero attached hydrogens (tertiary/aromatic N) is 4. The second kappa shape index (κ2) is 8.71. The first-order chi connectivity index (χ1) is 13.9. The van der Waals surface area contributed by atoms with Crippen molar-refractivity contribution in [3.8, 4) is 0 Å². The molecule has 2 rings (SSSR count). The lowest BCUT2D eigenvalue weighted by Crippen LogP contribution is -2.68. The molecule has 1 fully saturated rings. The van der Waals surface area contributed by atoms with E-state index in [1.807, 2.05) is 0 Å². The Kier molecular flexibility index (Phi) is 6.72. The van der Waals surface area contributed by atoms with Crippen molar-refractivity contribution in [3.63, 3.8) is 0 Å². The number of anilines is 1. The van der Waals surface area contributed by atoms with Crippen LogP contribution in [0.15, 0.2) is 5.16 Å². The van der Waals surface area contributed by atoms with Crippen molar-refractivity contribution in [2.45, 2.75) is 51.9 Å². The van der Waals surface area contributed by atoms with Crippen LogP contribution in [-0.4, -0.2) is 71.7 Å². The van der Waals surface area contributed by atoms with Gasteiger partial charge in [-0.15, -0.1) is 0 Å². The number of nitrogen functional groups attached to an aromatic ring is 1. The van der Waals surface area contributed by atoms with Gasteiger partial charge >= 0.3 is 11.9 Å². The van der Waals surface area contributed by atoms with E-state index in [0.717, 1.165) is 16.6 Å². The van der Waals surface area contributed by atoms with Crippen LogP contribution >= 0.6 is 11.5 Å². The van der Waals surface area contributed by atoms with Crippen LogP contribution in [0, 0.1) is 5.92 Å². The molecule has 0 radical (unpaired) electrons. The topological polar surface area (TPSA) is 195 Å². The first-order valence-electron chi connectivity index (χ1n) is 8.69. The lowest BCUT2D eigenvalue weighted by molar-refractivity contribution is -0.282. The fourth-order valence-electron chi connectivity index (χ4n) is 2.54. The number of carboxylic acids is 2. The Balaban J connectivity index is 2.19. The minimum atomic E-state index is -1.34. The summed E-state index contributed by atoms with van der Waals surface area (Å²) in [6, 6.07) is 0. The smallest absolute Gasteiger partial charge is 0.347 e. The summed E-state index contributed by atoms with van der Waals surface area (Å²) in [5.41, 5.74) is 4.17. The molecule has 2 heterocycles. The van der Waals surface area contributed by atoms with E-state index in [-0.39, 0.29) is 23.1 Å². The molecule has 0 aromatic carbocycles. The molecule has 0 spiro atoms.